The second kappa shape index (κ2) is 5.55. The molecule has 0 heterocycles. The molecule has 0 atom stereocenters. The largest absolute Gasteiger partial charge is 0.345 e. The van der Waals surface area contributed by atoms with Crippen molar-refractivity contribution in [3.63, 3.8) is 0 Å². The van der Waals surface area contributed by atoms with Crippen molar-refractivity contribution in [2.24, 2.45) is 5.41 Å². The molecular formula is C11H29LiNSi2. The molecule has 0 aromatic heterocycles. The van der Waals surface area contributed by atoms with Crippen LogP contribution in [0.2, 0.25) is 39.3 Å². The Kier molecular flexibility index (Phi) is 6.79. The van der Waals surface area contributed by atoms with Gasteiger partial charge in [0.2, 0.25) is 0 Å². The molecular weight excluding hydrogens is 209 g/mol. The van der Waals surface area contributed by atoms with E-state index in [9.17, 15) is 0 Å². The Labute approximate surface area is 111 Å². The van der Waals surface area contributed by atoms with E-state index in [1.54, 1.807) is 0 Å². The van der Waals surface area contributed by atoms with Gasteiger partial charge in [-0.25, -0.2) is 0 Å². The summed E-state index contributed by atoms with van der Waals surface area (Å²) in [6, 6.07) is 0. The molecule has 0 aliphatic heterocycles. The summed E-state index contributed by atoms with van der Waals surface area (Å²) in [6.45, 7) is 23.1. The van der Waals surface area contributed by atoms with Gasteiger partial charge in [-0.15, -0.1) is 0 Å². The number of rotatable bonds is 3. The van der Waals surface area contributed by atoms with Gasteiger partial charge in [0.1, 0.15) is 16.5 Å². The molecule has 0 saturated carbocycles. The zero-order chi connectivity index (χ0) is 11.8. The zero-order valence-electron chi connectivity index (χ0n) is 12.7. The Morgan fingerprint density at radius 1 is 0.800 bits per heavy atom. The fourth-order valence-corrected chi connectivity index (χ4v) is 11.9. The average Bonchev–Trinajstić information content (AvgIpc) is 1.75. The van der Waals surface area contributed by atoms with Crippen molar-refractivity contribution in [2.45, 2.75) is 60.1 Å². The van der Waals surface area contributed by atoms with E-state index in [1.807, 2.05) is 0 Å². The topological polar surface area (TPSA) is 3.24 Å². The Balaban J connectivity index is 0. The van der Waals surface area contributed by atoms with Crippen molar-refractivity contribution >= 4 is 35.3 Å². The Morgan fingerprint density at radius 2 is 1.07 bits per heavy atom. The summed E-state index contributed by atoms with van der Waals surface area (Å²) in [6.07, 6.45) is 0. The van der Waals surface area contributed by atoms with Crippen LogP contribution in [0.5, 0.6) is 0 Å². The van der Waals surface area contributed by atoms with Crippen LogP contribution in [0.4, 0.5) is 0 Å². The van der Waals surface area contributed by atoms with Crippen LogP contribution in [-0.4, -0.2) is 46.1 Å². The normalized spacial score (nSPS) is 14.0. The minimum atomic E-state index is -1.14. The molecule has 0 aromatic carbocycles. The Hall–Kier alpha value is 0.991. The molecule has 0 N–H and O–H groups in total. The molecule has 0 rings (SSSR count). The summed E-state index contributed by atoms with van der Waals surface area (Å²) in [5.41, 5.74) is 0.431. The maximum absolute atomic E-state index is 2.86. The van der Waals surface area contributed by atoms with E-state index >= 15 is 0 Å². The van der Waals surface area contributed by atoms with Crippen LogP contribution in [0.1, 0.15) is 20.8 Å². The van der Waals surface area contributed by atoms with Crippen LogP contribution in [0.15, 0.2) is 0 Å². The molecule has 0 saturated heterocycles. The molecule has 0 aliphatic carbocycles. The minimum absolute atomic E-state index is 0. The molecule has 0 spiro atoms. The predicted octanol–water partition coefficient (Wildman–Crippen LogP) is 3.62. The van der Waals surface area contributed by atoms with Crippen LogP contribution in [0, 0.1) is 5.41 Å². The molecule has 87 valence electrons. The van der Waals surface area contributed by atoms with Crippen LogP contribution in [0.25, 0.3) is 0 Å². The summed E-state index contributed by atoms with van der Waals surface area (Å²) in [7, 11) is -2.27. The van der Waals surface area contributed by atoms with Crippen molar-refractivity contribution in [1.29, 1.82) is 0 Å². The van der Waals surface area contributed by atoms with Crippen molar-refractivity contribution in [3.05, 3.63) is 0 Å². The van der Waals surface area contributed by atoms with Crippen LogP contribution < -0.4 is 0 Å². The third kappa shape index (κ3) is 7.82. The fourth-order valence-electron chi connectivity index (χ4n) is 1.95. The quantitative estimate of drug-likeness (QED) is 0.679. The van der Waals surface area contributed by atoms with Gasteiger partial charge in [0.25, 0.3) is 0 Å². The first-order valence-electron chi connectivity index (χ1n) is 5.62. The molecule has 0 bridgehead atoms. The van der Waals surface area contributed by atoms with Crippen molar-refractivity contribution < 1.29 is 0 Å². The van der Waals surface area contributed by atoms with E-state index in [-0.39, 0.29) is 18.9 Å². The van der Waals surface area contributed by atoms with Crippen LogP contribution >= 0.6 is 0 Å². The van der Waals surface area contributed by atoms with E-state index < -0.39 is 16.5 Å². The van der Waals surface area contributed by atoms with Gasteiger partial charge in [-0.2, -0.15) is 0 Å². The van der Waals surface area contributed by atoms with Crippen LogP contribution in [0.3, 0.4) is 0 Å². The van der Waals surface area contributed by atoms with Gasteiger partial charge in [0.15, 0.2) is 0 Å². The van der Waals surface area contributed by atoms with E-state index in [0.29, 0.717) is 5.41 Å². The second-order valence-electron chi connectivity index (χ2n) is 7.49. The molecule has 4 heteroatoms. The first-order chi connectivity index (χ1) is 5.84. The summed E-state index contributed by atoms with van der Waals surface area (Å²) in [4.78, 5) is 0. The van der Waals surface area contributed by atoms with E-state index in [0.717, 1.165) is 0 Å². The maximum atomic E-state index is 2.86. The van der Waals surface area contributed by atoms with Gasteiger partial charge in [0, 0.05) is 18.9 Å². The molecule has 0 amide bonds. The monoisotopic (exact) mass is 238 g/mol. The van der Waals surface area contributed by atoms with Gasteiger partial charge < -0.3 is 4.23 Å². The van der Waals surface area contributed by atoms with Crippen LogP contribution in [-0.2, 0) is 0 Å². The number of hydrogen-bond donors (Lipinski definition) is 0. The third-order valence-corrected chi connectivity index (χ3v) is 9.83. The smallest absolute Gasteiger partial charge is 0.112 e. The summed E-state index contributed by atoms with van der Waals surface area (Å²) in [5.74, 6) is 0. The molecule has 0 aromatic rings. The van der Waals surface area contributed by atoms with Gasteiger partial charge >= 0.3 is 0 Å². The standard InChI is InChI=1S/C11H29NSi2.Li/c1-11(2,3)10-12(13(4,5)6)14(7,8)9;/h10H2,1-9H3;. The molecule has 15 heavy (non-hydrogen) atoms. The fraction of sp³-hybridized carbons (Fsp3) is 1.00. The first kappa shape index (κ1) is 18.4. The summed E-state index contributed by atoms with van der Waals surface area (Å²) >= 11 is 0. The van der Waals surface area contributed by atoms with Crippen molar-refractivity contribution in [1.82, 2.24) is 4.23 Å². The molecule has 0 unspecified atom stereocenters. The Bertz CT molecular complexity index is 172. The van der Waals surface area contributed by atoms with Gasteiger partial charge in [-0.1, -0.05) is 60.1 Å². The van der Waals surface area contributed by atoms with Gasteiger partial charge in [-0.05, 0) is 12.0 Å². The van der Waals surface area contributed by atoms with Gasteiger partial charge in [-0.3, -0.25) is 0 Å². The number of nitrogens with zero attached hydrogens (tertiary/aromatic N) is 1. The molecule has 0 aliphatic rings. The second-order valence-corrected chi connectivity index (χ2v) is 17.7. The SMILES string of the molecule is CC(C)(C)CN([Si](C)(C)C)[Si](C)(C)C.[Li]. The molecule has 1 nitrogen and oxygen atoms in total. The summed E-state index contributed by atoms with van der Waals surface area (Å²) < 4.78 is 2.86. The first-order valence-corrected chi connectivity index (χ1v) is 12.5. The third-order valence-electron chi connectivity index (χ3n) is 2.25. The van der Waals surface area contributed by atoms with E-state index in [1.165, 1.54) is 6.54 Å². The number of hydrogen-bond acceptors (Lipinski definition) is 1. The Morgan fingerprint density at radius 3 is 1.13 bits per heavy atom. The minimum Gasteiger partial charge on any atom is -0.345 e. The zero-order valence-corrected chi connectivity index (χ0v) is 14.7. The maximum Gasteiger partial charge on any atom is 0.112 e. The van der Waals surface area contributed by atoms with Crippen molar-refractivity contribution in [2.75, 3.05) is 6.54 Å². The summed E-state index contributed by atoms with van der Waals surface area (Å²) in [5, 5.41) is 0. The molecule has 0 fully saturated rings. The van der Waals surface area contributed by atoms with E-state index in [2.05, 4.69) is 64.3 Å². The van der Waals surface area contributed by atoms with Gasteiger partial charge in [0.05, 0.1) is 0 Å². The van der Waals surface area contributed by atoms with Crippen molar-refractivity contribution in [3.8, 4) is 0 Å². The average molecular weight is 238 g/mol. The predicted molar refractivity (Wildman–Crippen MR) is 78.6 cm³/mol. The molecule has 1 radical (unpaired) electrons. The van der Waals surface area contributed by atoms with E-state index in [4.69, 9.17) is 0 Å².